The van der Waals surface area contributed by atoms with Crippen LogP contribution in [0.4, 0.5) is 19.0 Å². The summed E-state index contributed by atoms with van der Waals surface area (Å²) in [6, 6.07) is 7.20. The lowest BCUT2D eigenvalue weighted by Crippen LogP contribution is -2.45. The van der Waals surface area contributed by atoms with E-state index in [9.17, 15) is 13.2 Å². The Kier molecular flexibility index (Phi) is 4.45. The number of rotatable bonds is 2. The number of benzene rings is 1. The summed E-state index contributed by atoms with van der Waals surface area (Å²) < 4.78 is 44.5. The van der Waals surface area contributed by atoms with Crippen molar-refractivity contribution in [1.29, 1.82) is 0 Å². The van der Waals surface area contributed by atoms with Gasteiger partial charge in [-0.25, -0.2) is 9.97 Å². The molecule has 24 heavy (non-hydrogen) atoms. The van der Waals surface area contributed by atoms with Gasteiger partial charge in [0.15, 0.2) is 0 Å². The molecule has 2 atom stereocenters. The van der Waals surface area contributed by atoms with Crippen molar-refractivity contribution in [2.75, 3.05) is 18.1 Å². The van der Waals surface area contributed by atoms with Gasteiger partial charge in [-0.3, -0.25) is 0 Å². The molecule has 128 valence electrons. The molecule has 0 radical (unpaired) electrons. The van der Waals surface area contributed by atoms with Gasteiger partial charge in [0, 0.05) is 6.20 Å². The highest BCUT2D eigenvalue weighted by molar-refractivity contribution is 5.41. The fourth-order valence-electron chi connectivity index (χ4n) is 2.80. The lowest BCUT2D eigenvalue weighted by Gasteiger charge is -2.39. The molecule has 0 bridgehead atoms. The summed E-state index contributed by atoms with van der Waals surface area (Å²) in [6.07, 6.45) is -3.11. The molecule has 0 amide bonds. The second-order valence-corrected chi connectivity index (χ2v) is 5.91. The van der Waals surface area contributed by atoms with Crippen LogP contribution in [0.3, 0.4) is 0 Å². The van der Waals surface area contributed by atoms with Gasteiger partial charge in [-0.2, -0.15) is 13.2 Å². The van der Waals surface area contributed by atoms with Crippen LogP contribution in [-0.4, -0.2) is 29.2 Å². The minimum Gasteiger partial charge on any atom is -0.370 e. The Morgan fingerprint density at radius 1 is 1.25 bits per heavy atom. The SMILES string of the molecule is Cc1nccc(N2CC(c3cccc(C(F)(F)F)c3)OCC2C)n1. The third-order valence-electron chi connectivity index (χ3n) is 4.07. The number of aryl methyl sites for hydroxylation is 1. The zero-order valence-corrected chi connectivity index (χ0v) is 13.4. The summed E-state index contributed by atoms with van der Waals surface area (Å²) in [5.74, 6) is 1.41. The number of ether oxygens (including phenoxy) is 1. The van der Waals surface area contributed by atoms with Crippen LogP contribution in [0.15, 0.2) is 36.5 Å². The molecule has 0 aliphatic carbocycles. The van der Waals surface area contributed by atoms with Gasteiger partial charge in [0.2, 0.25) is 0 Å². The zero-order chi connectivity index (χ0) is 17.3. The number of nitrogens with zero attached hydrogens (tertiary/aromatic N) is 3. The molecule has 1 aromatic carbocycles. The van der Waals surface area contributed by atoms with E-state index >= 15 is 0 Å². The van der Waals surface area contributed by atoms with E-state index in [0.29, 0.717) is 24.5 Å². The minimum absolute atomic E-state index is 0.0846. The Morgan fingerprint density at radius 2 is 2.04 bits per heavy atom. The number of halogens is 3. The summed E-state index contributed by atoms with van der Waals surface area (Å²) in [4.78, 5) is 10.5. The van der Waals surface area contributed by atoms with Crippen LogP contribution < -0.4 is 4.90 Å². The molecule has 0 spiro atoms. The molecule has 1 aliphatic rings. The Bertz CT molecular complexity index is 720. The monoisotopic (exact) mass is 337 g/mol. The molecule has 1 saturated heterocycles. The van der Waals surface area contributed by atoms with E-state index in [2.05, 4.69) is 9.97 Å². The Labute approximate surface area is 138 Å². The summed E-state index contributed by atoms with van der Waals surface area (Å²) in [6.45, 7) is 4.67. The second-order valence-electron chi connectivity index (χ2n) is 5.91. The first-order valence-electron chi connectivity index (χ1n) is 7.69. The van der Waals surface area contributed by atoms with Gasteiger partial charge >= 0.3 is 6.18 Å². The van der Waals surface area contributed by atoms with E-state index in [-0.39, 0.29) is 6.04 Å². The highest BCUT2D eigenvalue weighted by Crippen LogP contribution is 2.33. The van der Waals surface area contributed by atoms with E-state index in [4.69, 9.17) is 4.74 Å². The van der Waals surface area contributed by atoms with Crippen LogP contribution >= 0.6 is 0 Å². The summed E-state index contributed by atoms with van der Waals surface area (Å²) in [5, 5.41) is 0. The highest BCUT2D eigenvalue weighted by Gasteiger charge is 2.33. The van der Waals surface area contributed by atoms with E-state index in [1.165, 1.54) is 6.07 Å². The first-order chi connectivity index (χ1) is 11.3. The second kappa shape index (κ2) is 6.39. The molecule has 1 fully saturated rings. The maximum absolute atomic E-state index is 12.9. The van der Waals surface area contributed by atoms with Gasteiger partial charge in [0.25, 0.3) is 0 Å². The predicted molar refractivity (Wildman–Crippen MR) is 83.7 cm³/mol. The van der Waals surface area contributed by atoms with E-state index < -0.39 is 17.8 Å². The summed E-state index contributed by atoms with van der Waals surface area (Å²) >= 11 is 0. The third kappa shape index (κ3) is 3.51. The fourth-order valence-corrected chi connectivity index (χ4v) is 2.80. The molecule has 1 aliphatic heterocycles. The lowest BCUT2D eigenvalue weighted by molar-refractivity contribution is -0.137. The first kappa shape index (κ1) is 16.7. The van der Waals surface area contributed by atoms with E-state index in [1.54, 1.807) is 25.3 Å². The molecule has 0 saturated carbocycles. The normalized spacial score (nSPS) is 21.8. The van der Waals surface area contributed by atoms with Crippen molar-refractivity contribution in [3.63, 3.8) is 0 Å². The average Bonchev–Trinajstić information content (AvgIpc) is 2.54. The van der Waals surface area contributed by atoms with Gasteiger partial charge in [0.1, 0.15) is 17.7 Å². The topological polar surface area (TPSA) is 38.2 Å². The van der Waals surface area contributed by atoms with Crippen LogP contribution in [0.1, 0.15) is 30.0 Å². The van der Waals surface area contributed by atoms with Crippen molar-refractivity contribution in [3.8, 4) is 0 Å². The molecule has 3 rings (SSSR count). The first-order valence-corrected chi connectivity index (χ1v) is 7.69. The van der Waals surface area contributed by atoms with Gasteiger partial charge in [-0.15, -0.1) is 0 Å². The van der Waals surface area contributed by atoms with Crippen molar-refractivity contribution in [2.45, 2.75) is 32.2 Å². The summed E-state index contributed by atoms with van der Waals surface area (Å²) in [5.41, 5.74) is -0.140. The van der Waals surface area contributed by atoms with E-state index in [0.717, 1.165) is 18.0 Å². The van der Waals surface area contributed by atoms with Gasteiger partial charge in [0.05, 0.1) is 24.8 Å². The smallest absolute Gasteiger partial charge is 0.370 e. The lowest BCUT2D eigenvalue weighted by atomic mass is 10.0. The van der Waals surface area contributed by atoms with Crippen LogP contribution in [0.2, 0.25) is 0 Å². The number of alkyl halides is 3. The number of morpholine rings is 1. The maximum atomic E-state index is 12.9. The number of anilines is 1. The largest absolute Gasteiger partial charge is 0.416 e. The Balaban J connectivity index is 1.86. The number of hydrogen-bond donors (Lipinski definition) is 0. The summed E-state index contributed by atoms with van der Waals surface area (Å²) in [7, 11) is 0. The third-order valence-corrected chi connectivity index (χ3v) is 4.07. The Hall–Kier alpha value is -2.15. The van der Waals surface area contributed by atoms with Crippen molar-refractivity contribution in [3.05, 3.63) is 53.5 Å². The van der Waals surface area contributed by atoms with Crippen LogP contribution in [0, 0.1) is 6.92 Å². The average molecular weight is 337 g/mol. The highest BCUT2D eigenvalue weighted by atomic mass is 19.4. The molecule has 2 aromatic rings. The predicted octanol–water partition coefficient (Wildman–Crippen LogP) is 3.77. The molecule has 2 heterocycles. The van der Waals surface area contributed by atoms with Crippen LogP contribution in [0.5, 0.6) is 0 Å². The molecule has 7 heteroatoms. The van der Waals surface area contributed by atoms with Crippen LogP contribution in [-0.2, 0) is 10.9 Å². The fraction of sp³-hybridized carbons (Fsp3) is 0.412. The van der Waals surface area contributed by atoms with Gasteiger partial charge in [-0.1, -0.05) is 12.1 Å². The minimum atomic E-state index is -4.36. The van der Waals surface area contributed by atoms with Crippen molar-refractivity contribution in [1.82, 2.24) is 9.97 Å². The molecule has 4 nitrogen and oxygen atoms in total. The maximum Gasteiger partial charge on any atom is 0.416 e. The number of aromatic nitrogens is 2. The molecule has 2 unspecified atom stereocenters. The van der Waals surface area contributed by atoms with Gasteiger partial charge in [-0.05, 0) is 37.6 Å². The standard InChI is InChI=1S/C17H18F3N3O/c1-11-10-24-15(9-23(11)16-6-7-21-12(2)22-16)13-4-3-5-14(8-13)17(18,19)20/h3-8,11,15H,9-10H2,1-2H3. The zero-order valence-electron chi connectivity index (χ0n) is 13.4. The molecular weight excluding hydrogens is 319 g/mol. The van der Waals surface area contributed by atoms with E-state index in [1.807, 2.05) is 11.8 Å². The van der Waals surface area contributed by atoms with Crippen molar-refractivity contribution < 1.29 is 17.9 Å². The number of hydrogen-bond acceptors (Lipinski definition) is 4. The Morgan fingerprint density at radius 3 is 2.75 bits per heavy atom. The van der Waals surface area contributed by atoms with Crippen LogP contribution in [0.25, 0.3) is 0 Å². The van der Waals surface area contributed by atoms with Crippen molar-refractivity contribution >= 4 is 5.82 Å². The quantitative estimate of drug-likeness (QED) is 0.836. The molecular formula is C17H18F3N3O. The van der Waals surface area contributed by atoms with Crippen molar-refractivity contribution in [2.24, 2.45) is 0 Å². The van der Waals surface area contributed by atoms with Gasteiger partial charge < -0.3 is 9.64 Å². The molecule has 1 aromatic heterocycles. The molecule has 0 N–H and O–H groups in total.